The Morgan fingerprint density at radius 2 is 1.86 bits per heavy atom. The molecule has 0 bridgehead atoms. The second-order valence-electron chi connectivity index (χ2n) is 5.19. The summed E-state index contributed by atoms with van der Waals surface area (Å²) in [6.45, 7) is 1.46. The second-order valence-corrected chi connectivity index (χ2v) is 5.19. The third kappa shape index (κ3) is 2.76. The lowest BCUT2D eigenvalue weighted by molar-refractivity contribution is 0.857. The van der Waals surface area contributed by atoms with E-state index >= 15 is 0 Å². The van der Waals surface area contributed by atoms with Crippen LogP contribution < -0.4 is 10.6 Å². The molecule has 2 heterocycles. The normalized spacial score (nSPS) is 11.0. The number of hydrogen-bond donors (Lipinski definition) is 1. The van der Waals surface area contributed by atoms with Crippen LogP contribution in [0.4, 0.5) is 5.82 Å². The van der Waals surface area contributed by atoms with Crippen molar-refractivity contribution in [2.24, 2.45) is 5.73 Å². The molecule has 4 nitrogen and oxygen atoms in total. The molecular weight excluding hydrogens is 260 g/mol. The average Bonchev–Trinajstić information content (AvgIpc) is 2.88. The van der Waals surface area contributed by atoms with Crippen LogP contribution in [0.25, 0.3) is 5.65 Å². The molecule has 0 aliphatic carbocycles. The summed E-state index contributed by atoms with van der Waals surface area (Å²) >= 11 is 0. The quantitative estimate of drug-likeness (QED) is 0.781. The summed E-state index contributed by atoms with van der Waals surface area (Å²) < 4.78 is 2.13. The molecule has 0 spiro atoms. The van der Waals surface area contributed by atoms with Crippen LogP contribution in [0.2, 0.25) is 0 Å². The maximum atomic E-state index is 5.77. The topological polar surface area (TPSA) is 46.6 Å². The number of anilines is 1. The molecule has 1 aromatic carbocycles. The Labute approximate surface area is 124 Å². The minimum atomic E-state index is 0.620. The lowest BCUT2D eigenvalue weighted by Gasteiger charge is -2.18. The first-order valence-electron chi connectivity index (χ1n) is 7.20. The molecule has 0 aliphatic rings. The monoisotopic (exact) mass is 280 g/mol. The maximum Gasteiger partial charge on any atom is 0.151 e. The summed E-state index contributed by atoms with van der Waals surface area (Å²) in [6.07, 6.45) is 2.87. The molecule has 0 unspecified atom stereocenters. The van der Waals surface area contributed by atoms with Crippen molar-refractivity contribution >= 4 is 11.5 Å². The van der Waals surface area contributed by atoms with Crippen molar-refractivity contribution in [1.29, 1.82) is 0 Å². The number of nitrogens with two attached hydrogens (primary N) is 1. The number of fused-ring (bicyclic) bond motifs is 1. The summed E-state index contributed by atoms with van der Waals surface area (Å²) in [5, 5.41) is 0. The van der Waals surface area contributed by atoms with Gasteiger partial charge in [0.25, 0.3) is 0 Å². The van der Waals surface area contributed by atoms with E-state index in [-0.39, 0.29) is 0 Å². The highest BCUT2D eigenvalue weighted by atomic mass is 15.2. The van der Waals surface area contributed by atoms with Gasteiger partial charge in [0.1, 0.15) is 5.65 Å². The van der Waals surface area contributed by atoms with Crippen molar-refractivity contribution in [2.45, 2.75) is 13.0 Å². The highest BCUT2D eigenvalue weighted by molar-refractivity contribution is 5.56. The first-order valence-corrected chi connectivity index (χ1v) is 7.20. The van der Waals surface area contributed by atoms with E-state index in [0.717, 1.165) is 24.4 Å². The van der Waals surface area contributed by atoms with E-state index in [4.69, 9.17) is 10.7 Å². The summed E-state index contributed by atoms with van der Waals surface area (Å²) in [7, 11) is 2.08. The Morgan fingerprint density at radius 1 is 1.10 bits per heavy atom. The second kappa shape index (κ2) is 5.97. The van der Waals surface area contributed by atoms with E-state index in [1.54, 1.807) is 0 Å². The minimum absolute atomic E-state index is 0.620. The molecule has 2 aromatic heterocycles. The van der Waals surface area contributed by atoms with Gasteiger partial charge in [0.15, 0.2) is 5.82 Å². The maximum absolute atomic E-state index is 5.77. The van der Waals surface area contributed by atoms with Gasteiger partial charge in [-0.05, 0) is 24.2 Å². The van der Waals surface area contributed by atoms with Crippen LogP contribution in [0.5, 0.6) is 0 Å². The lowest BCUT2D eigenvalue weighted by Crippen LogP contribution is -2.19. The molecule has 0 fully saturated rings. The molecule has 0 atom stereocenters. The molecule has 4 heteroatoms. The number of benzene rings is 1. The van der Waals surface area contributed by atoms with Crippen molar-refractivity contribution in [3.05, 3.63) is 66.0 Å². The van der Waals surface area contributed by atoms with Crippen molar-refractivity contribution in [3.8, 4) is 0 Å². The van der Waals surface area contributed by atoms with E-state index in [0.29, 0.717) is 6.54 Å². The highest BCUT2D eigenvalue weighted by Crippen LogP contribution is 2.22. The van der Waals surface area contributed by atoms with Crippen LogP contribution in [0.3, 0.4) is 0 Å². The van der Waals surface area contributed by atoms with E-state index in [1.807, 2.05) is 30.5 Å². The van der Waals surface area contributed by atoms with E-state index < -0.39 is 0 Å². The molecule has 21 heavy (non-hydrogen) atoms. The van der Waals surface area contributed by atoms with Crippen LogP contribution in [0, 0.1) is 0 Å². The standard InChI is InChI=1S/C17H20N4/c1-20(13-14-7-3-2-4-8-14)17-15(10-11-18)21-12-6-5-9-16(21)19-17/h2-9,12H,10-11,13,18H2,1H3. The molecule has 0 radical (unpaired) electrons. The van der Waals surface area contributed by atoms with Gasteiger partial charge in [0, 0.05) is 26.2 Å². The first kappa shape index (κ1) is 13.6. The molecule has 0 aliphatic heterocycles. The number of hydrogen-bond acceptors (Lipinski definition) is 3. The molecule has 108 valence electrons. The smallest absolute Gasteiger partial charge is 0.151 e. The largest absolute Gasteiger partial charge is 0.354 e. The Hall–Kier alpha value is -2.33. The summed E-state index contributed by atoms with van der Waals surface area (Å²) in [5.74, 6) is 1.01. The van der Waals surface area contributed by atoms with Crippen LogP contribution in [-0.4, -0.2) is 23.0 Å². The van der Waals surface area contributed by atoms with Gasteiger partial charge in [0.05, 0.1) is 5.69 Å². The fraction of sp³-hybridized carbons (Fsp3) is 0.235. The fourth-order valence-corrected chi connectivity index (χ4v) is 2.64. The first-order chi connectivity index (χ1) is 10.3. The molecular formula is C17H20N4. The zero-order chi connectivity index (χ0) is 14.7. The van der Waals surface area contributed by atoms with Gasteiger partial charge in [-0.3, -0.25) is 0 Å². The predicted molar refractivity (Wildman–Crippen MR) is 86.5 cm³/mol. The van der Waals surface area contributed by atoms with E-state index in [2.05, 4.69) is 40.6 Å². The Bertz CT molecular complexity index is 718. The number of nitrogens with zero attached hydrogens (tertiary/aromatic N) is 3. The SMILES string of the molecule is CN(Cc1ccccc1)c1nc2ccccn2c1CCN. The van der Waals surface area contributed by atoms with Crippen LogP contribution in [0.1, 0.15) is 11.3 Å². The van der Waals surface area contributed by atoms with Gasteiger partial charge in [-0.15, -0.1) is 0 Å². The third-order valence-electron chi connectivity index (χ3n) is 3.61. The van der Waals surface area contributed by atoms with Crippen molar-refractivity contribution in [2.75, 3.05) is 18.5 Å². The van der Waals surface area contributed by atoms with Gasteiger partial charge in [-0.1, -0.05) is 36.4 Å². The van der Waals surface area contributed by atoms with Crippen molar-refractivity contribution < 1.29 is 0 Å². The predicted octanol–water partition coefficient (Wildman–Crippen LogP) is 2.47. The van der Waals surface area contributed by atoms with E-state index in [9.17, 15) is 0 Å². The Balaban J connectivity index is 1.96. The van der Waals surface area contributed by atoms with Crippen LogP contribution in [-0.2, 0) is 13.0 Å². The zero-order valence-corrected chi connectivity index (χ0v) is 12.2. The Kier molecular flexibility index (Phi) is 3.88. The molecule has 0 saturated carbocycles. The minimum Gasteiger partial charge on any atom is -0.354 e. The van der Waals surface area contributed by atoms with Gasteiger partial charge in [0.2, 0.25) is 0 Å². The lowest BCUT2D eigenvalue weighted by atomic mass is 10.2. The Morgan fingerprint density at radius 3 is 2.62 bits per heavy atom. The highest BCUT2D eigenvalue weighted by Gasteiger charge is 2.15. The number of pyridine rings is 1. The molecule has 3 rings (SSSR count). The average molecular weight is 280 g/mol. The molecule has 0 amide bonds. The fourth-order valence-electron chi connectivity index (χ4n) is 2.64. The number of imidazole rings is 1. The van der Waals surface area contributed by atoms with Gasteiger partial charge in [-0.2, -0.15) is 0 Å². The third-order valence-corrected chi connectivity index (χ3v) is 3.61. The molecule has 0 saturated heterocycles. The zero-order valence-electron chi connectivity index (χ0n) is 12.2. The number of aromatic nitrogens is 2. The van der Waals surface area contributed by atoms with Crippen LogP contribution >= 0.6 is 0 Å². The summed E-state index contributed by atoms with van der Waals surface area (Å²) in [4.78, 5) is 6.95. The van der Waals surface area contributed by atoms with E-state index in [1.165, 1.54) is 11.3 Å². The molecule has 2 N–H and O–H groups in total. The summed E-state index contributed by atoms with van der Waals surface area (Å²) in [5.41, 5.74) is 9.19. The van der Waals surface area contributed by atoms with Crippen LogP contribution in [0.15, 0.2) is 54.7 Å². The van der Waals surface area contributed by atoms with Crippen molar-refractivity contribution in [3.63, 3.8) is 0 Å². The van der Waals surface area contributed by atoms with Crippen molar-refractivity contribution in [1.82, 2.24) is 9.38 Å². The number of rotatable bonds is 5. The van der Waals surface area contributed by atoms with Gasteiger partial charge < -0.3 is 15.0 Å². The van der Waals surface area contributed by atoms with Gasteiger partial charge >= 0.3 is 0 Å². The summed E-state index contributed by atoms with van der Waals surface area (Å²) in [6, 6.07) is 16.5. The van der Waals surface area contributed by atoms with Gasteiger partial charge in [-0.25, -0.2) is 4.98 Å². The molecule has 3 aromatic rings.